The predicted molar refractivity (Wildman–Crippen MR) is 184 cm³/mol. The first-order valence-electron chi connectivity index (χ1n) is 15.0. The van der Waals surface area contributed by atoms with Crippen molar-refractivity contribution in [3.63, 3.8) is 0 Å². The van der Waals surface area contributed by atoms with Gasteiger partial charge in [0.05, 0.1) is 5.02 Å². The van der Waals surface area contributed by atoms with E-state index in [1.807, 2.05) is 18.2 Å². The van der Waals surface area contributed by atoms with E-state index in [-0.39, 0.29) is 17.6 Å². The Hall–Kier alpha value is -5.17. The molecule has 0 aliphatic carbocycles. The van der Waals surface area contributed by atoms with Crippen LogP contribution in [0.5, 0.6) is 5.75 Å². The SMILES string of the molecule is O=C(O)/C=C\C(=O)O.Oc1cc2c(cc1Cl)[C@@H](Cc1ccc3ccc4c5ccccc5ccc4c3c1)CNCC2c1ccccc1. The van der Waals surface area contributed by atoms with Crippen LogP contribution in [0.25, 0.3) is 32.3 Å². The molecule has 6 aromatic rings. The van der Waals surface area contributed by atoms with Gasteiger partial charge < -0.3 is 20.6 Å². The summed E-state index contributed by atoms with van der Waals surface area (Å²) in [5.41, 5.74) is 4.92. The summed E-state index contributed by atoms with van der Waals surface area (Å²) in [6, 6.07) is 38.9. The molecule has 230 valence electrons. The van der Waals surface area contributed by atoms with Gasteiger partial charge in [-0.2, -0.15) is 0 Å². The topological polar surface area (TPSA) is 107 Å². The summed E-state index contributed by atoms with van der Waals surface area (Å²) in [5, 5.41) is 38.0. The maximum absolute atomic E-state index is 10.5. The monoisotopic (exact) mass is 629 g/mol. The number of benzene rings is 6. The summed E-state index contributed by atoms with van der Waals surface area (Å²) >= 11 is 6.48. The minimum atomic E-state index is -1.26. The van der Waals surface area contributed by atoms with Crippen molar-refractivity contribution in [1.82, 2.24) is 5.32 Å². The van der Waals surface area contributed by atoms with E-state index in [1.54, 1.807) is 0 Å². The fourth-order valence-electron chi connectivity index (χ4n) is 6.45. The molecular formula is C39H32ClNO5. The van der Waals surface area contributed by atoms with Gasteiger partial charge in [0.15, 0.2) is 0 Å². The zero-order chi connectivity index (χ0) is 32.2. The van der Waals surface area contributed by atoms with E-state index in [9.17, 15) is 14.7 Å². The lowest BCUT2D eigenvalue weighted by molar-refractivity contribution is -0.134. The molecular weight excluding hydrogens is 598 g/mol. The largest absolute Gasteiger partial charge is 0.506 e. The van der Waals surface area contributed by atoms with Gasteiger partial charge in [-0.15, -0.1) is 0 Å². The second-order valence-corrected chi connectivity index (χ2v) is 11.9. The molecule has 1 heterocycles. The Morgan fingerprint density at radius 3 is 2.04 bits per heavy atom. The third-order valence-electron chi connectivity index (χ3n) is 8.57. The number of fused-ring (bicyclic) bond motifs is 6. The highest BCUT2D eigenvalue weighted by Gasteiger charge is 2.27. The van der Waals surface area contributed by atoms with Crippen molar-refractivity contribution in [3.8, 4) is 5.75 Å². The molecule has 0 saturated heterocycles. The van der Waals surface area contributed by atoms with Crippen LogP contribution in [0.3, 0.4) is 0 Å². The summed E-state index contributed by atoms with van der Waals surface area (Å²) in [7, 11) is 0. The molecule has 0 spiro atoms. The van der Waals surface area contributed by atoms with Gasteiger partial charge in [0.2, 0.25) is 0 Å². The summed E-state index contributed by atoms with van der Waals surface area (Å²) in [4.78, 5) is 19.1. The highest BCUT2D eigenvalue weighted by Crippen LogP contribution is 2.40. The molecule has 2 atom stereocenters. The third kappa shape index (κ3) is 6.59. The molecule has 0 fully saturated rings. The van der Waals surface area contributed by atoms with Crippen molar-refractivity contribution in [1.29, 1.82) is 0 Å². The summed E-state index contributed by atoms with van der Waals surface area (Å²) in [6.07, 6.45) is 2.01. The number of aromatic hydroxyl groups is 1. The quantitative estimate of drug-likeness (QED) is 0.113. The van der Waals surface area contributed by atoms with Crippen molar-refractivity contribution >= 4 is 55.9 Å². The van der Waals surface area contributed by atoms with Crippen LogP contribution >= 0.6 is 11.6 Å². The highest BCUT2D eigenvalue weighted by molar-refractivity contribution is 6.32. The van der Waals surface area contributed by atoms with Crippen molar-refractivity contribution in [3.05, 3.63) is 149 Å². The molecule has 1 aliphatic heterocycles. The first-order valence-corrected chi connectivity index (χ1v) is 15.4. The van der Waals surface area contributed by atoms with Gasteiger partial charge in [0.25, 0.3) is 0 Å². The van der Waals surface area contributed by atoms with E-state index in [0.29, 0.717) is 17.2 Å². The number of phenols is 1. The van der Waals surface area contributed by atoms with Gasteiger partial charge in [-0.05, 0) is 73.1 Å². The van der Waals surface area contributed by atoms with Crippen LogP contribution in [0.2, 0.25) is 5.02 Å². The molecule has 1 unspecified atom stereocenters. The molecule has 7 rings (SSSR count). The Morgan fingerprint density at radius 1 is 0.696 bits per heavy atom. The molecule has 6 nitrogen and oxygen atoms in total. The Bertz CT molecular complexity index is 2090. The lowest BCUT2D eigenvalue weighted by atomic mass is 9.83. The van der Waals surface area contributed by atoms with E-state index in [1.165, 1.54) is 49.0 Å². The molecule has 6 aromatic carbocycles. The number of hydrogen-bond donors (Lipinski definition) is 4. The summed E-state index contributed by atoms with van der Waals surface area (Å²) in [6.45, 7) is 1.68. The van der Waals surface area contributed by atoms with Gasteiger partial charge in [-0.3, -0.25) is 0 Å². The lowest BCUT2D eigenvalue weighted by Crippen LogP contribution is -2.23. The zero-order valence-electron chi connectivity index (χ0n) is 24.9. The highest BCUT2D eigenvalue weighted by atomic mass is 35.5. The van der Waals surface area contributed by atoms with Crippen LogP contribution in [0.15, 0.2) is 121 Å². The predicted octanol–water partition coefficient (Wildman–Crippen LogP) is 8.28. The Labute approximate surface area is 271 Å². The van der Waals surface area contributed by atoms with Crippen LogP contribution in [0.1, 0.15) is 34.1 Å². The molecule has 0 saturated carbocycles. The van der Waals surface area contributed by atoms with Gasteiger partial charge in [0.1, 0.15) is 5.75 Å². The van der Waals surface area contributed by atoms with Crippen LogP contribution in [-0.4, -0.2) is 40.3 Å². The maximum Gasteiger partial charge on any atom is 0.328 e. The molecule has 0 aromatic heterocycles. The van der Waals surface area contributed by atoms with Crippen molar-refractivity contribution in [2.45, 2.75) is 18.3 Å². The minimum absolute atomic E-state index is 0.149. The molecule has 4 N–H and O–H groups in total. The van der Waals surface area contributed by atoms with E-state index in [4.69, 9.17) is 21.8 Å². The number of rotatable bonds is 5. The molecule has 7 heteroatoms. The molecule has 0 radical (unpaired) electrons. The normalized spacial score (nSPS) is 16.1. The number of hydrogen-bond acceptors (Lipinski definition) is 4. The van der Waals surface area contributed by atoms with Crippen LogP contribution in [0, 0.1) is 0 Å². The first-order chi connectivity index (χ1) is 22.3. The summed E-state index contributed by atoms with van der Waals surface area (Å²) < 4.78 is 0. The molecule has 0 bridgehead atoms. The second kappa shape index (κ2) is 13.4. The molecule has 1 aliphatic rings. The number of aliphatic carboxylic acids is 2. The van der Waals surface area contributed by atoms with Crippen LogP contribution < -0.4 is 5.32 Å². The Morgan fingerprint density at radius 2 is 1.33 bits per heavy atom. The average Bonchev–Trinajstić information content (AvgIpc) is 3.23. The van der Waals surface area contributed by atoms with Crippen molar-refractivity contribution in [2.24, 2.45) is 0 Å². The number of carbonyl (C=O) groups is 2. The van der Waals surface area contributed by atoms with Crippen molar-refractivity contribution < 1.29 is 24.9 Å². The maximum atomic E-state index is 10.5. The Balaban J connectivity index is 0.000000414. The number of carboxylic acid groups (broad SMARTS) is 2. The van der Waals surface area contributed by atoms with Gasteiger partial charge >= 0.3 is 11.9 Å². The smallest absolute Gasteiger partial charge is 0.328 e. The zero-order valence-corrected chi connectivity index (χ0v) is 25.6. The Kier molecular flexibility index (Phi) is 9.01. The molecule has 0 amide bonds. The first kappa shape index (κ1) is 30.8. The van der Waals surface area contributed by atoms with Crippen LogP contribution in [-0.2, 0) is 16.0 Å². The number of halogens is 1. The number of nitrogens with one attached hydrogen (secondary N) is 1. The van der Waals surface area contributed by atoms with E-state index in [2.05, 4.69) is 96.3 Å². The van der Waals surface area contributed by atoms with Crippen LogP contribution in [0.4, 0.5) is 0 Å². The average molecular weight is 630 g/mol. The number of phenolic OH excluding ortho intramolecular Hbond substituents is 1. The number of carboxylic acids is 2. The van der Waals surface area contributed by atoms with E-state index in [0.717, 1.165) is 25.1 Å². The lowest BCUT2D eigenvalue weighted by Gasteiger charge is -2.22. The second-order valence-electron chi connectivity index (χ2n) is 11.5. The standard InChI is InChI=1S/C35H28ClNO.C4H4O4/c36-34-18-31-26(20-37-21-33(32(31)19-35(34)38)23-6-2-1-3-7-23)16-22-10-11-25-13-14-28-27-9-5-4-8-24(27)12-15-29(28)30(25)17-22;5-3(6)1-2-4(7)8/h1-15,17-19,26,33,37-38H,16,20-21H2;1-2H,(H,5,6)(H,7,8)/b;2-1-/t26-,33?;/m0./s1. The van der Waals surface area contributed by atoms with E-state index < -0.39 is 11.9 Å². The fourth-order valence-corrected chi connectivity index (χ4v) is 6.63. The third-order valence-corrected chi connectivity index (χ3v) is 8.87. The van der Waals surface area contributed by atoms with Gasteiger partial charge in [-0.25, -0.2) is 9.59 Å². The summed E-state index contributed by atoms with van der Waals surface area (Å²) in [5.74, 6) is -1.96. The van der Waals surface area contributed by atoms with Gasteiger partial charge in [-0.1, -0.05) is 109 Å². The van der Waals surface area contributed by atoms with Gasteiger partial charge in [0, 0.05) is 37.1 Å². The van der Waals surface area contributed by atoms with E-state index >= 15 is 0 Å². The fraction of sp³-hybridized carbons (Fsp3) is 0.128. The minimum Gasteiger partial charge on any atom is -0.506 e. The molecule has 46 heavy (non-hydrogen) atoms. The van der Waals surface area contributed by atoms with Crippen molar-refractivity contribution in [2.75, 3.05) is 13.1 Å².